The first-order valence-corrected chi connectivity index (χ1v) is 10.3. The Morgan fingerprint density at radius 3 is 2.45 bits per heavy atom. The van der Waals surface area contributed by atoms with Crippen LogP contribution in [0.5, 0.6) is 0 Å². The van der Waals surface area contributed by atoms with Gasteiger partial charge in [0, 0.05) is 5.56 Å². The minimum atomic E-state index is -0.572. The van der Waals surface area contributed by atoms with E-state index in [0.717, 1.165) is 5.56 Å². The Balaban J connectivity index is 1.72. The minimum Gasteiger partial charge on any atom is -0.346 e. The lowest BCUT2D eigenvalue weighted by Gasteiger charge is -2.19. The summed E-state index contributed by atoms with van der Waals surface area (Å²) in [6.07, 6.45) is 0. The van der Waals surface area contributed by atoms with Gasteiger partial charge in [0.25, 0.3) is 5.91 Å². The highest BCUT2D eigenvalue weighted by atomic mass is 35.5. The van der Waals surface area contributed by atoms with Gasteiger partial charge in [0.2, 0.25) is 0 Å². The van der Waals surface area contributed by atoms with E-state index in [1.165, 1.54) is 17.7 Å². The highest BCUT2D eigenvalue weighted by Gasteiger charge is 2.19. The van der Waals surface area contributed by atoms with Crippen molar-refractivity contribution in [2.75, 3.05) is 0 Å². The number of amides is 1. The van der Waals surface area contributed by atoms with E-state index in [9.17, 15) is 9.18 Å². The molecular weight excluding hydrogens is 415 g/mol. The van der Waals surface area contributed by atoms with Crippen molar-refractivity contribution in [3.63, 3.8) is 0 Å². The number of benzene rings is 2. The number of hydrogen-bond donors (Lipinski definition) is 1. The standard InChI is InChI=1S/C24H22ClFN4O/c1-24(2,3)16-10-8-15(9-11-16)22-19(30-21(28-22)13-12-20(25)29-30)14-27-23(31)17-6-4-5-7-18(17)26/h4-13H,14H2,1-3H3,(H,27,31). The zero-order valence-electron chi connectivity index (χ0n) is 17.5. The molecule has 2 aromatic carbocycles. The van der Waals surface area contributed by atoms with Crippen molar-refractivity contribution >= 4 is 23.2 Å². The van der Waals surface area contributed by atoms with Crippen LogP contribution in [-0.2, 0) is 12.0 Å². The molecule has 5 nitrogen and oxygen atoms in total. The second-order valence-corrected chi connectivity index (χ2v) is 8.71. The maximum Gasteiger partial charge on any atom is 0.254 e. The SMILES string of the molecule is CC(C)(C)c1ccc(-c2nc3ccc(Cl)nn3c2CNC(=O)c2ccccc2F)cc1. The third-order valence-electron chi connectivity index (χ3n) is 5.10. The fourth-order valence-corrected chi connectivity index (χ4v) is 3.52. The molecule has 0 fully saturated rings. The molecule has 4 rings (SSSR count). The van der Waals surface area contributed by atoms with Gasteiger partial charge in [-0.3, -0.25) is 4.79 Å². The van der Waals surface area contributed by atoms with Crippen molar-refractivity contribution in [2.24, 2.45) is 0 Å². The van der Waals surface area contributed by atoms with Gasteiger partial charge in [-0.05, 0) is 35.2 Å². The van der Waals surface area contributed by atoms with Gasteiger partial charge in [-0.1, -0.05) is 68.8 Å². The van der Waals surface area contributed by atoms with Gasteiger partial charge < -0.3 is 5.32 Å². The summed E-state index contributed by atoms with van der Waals surface area (Å²) in [6.45, 7) is 6.57. The van der Waals surface area contributed by atoms with Crippen molar-refractivity contribution in [3.8, 4) is 11.3 Å². The lowest BCUT2D eigenvalue weighted by atomic mass is 9.86. The quantitative estimate of drug-likeness (QED) is 0.465. The third kappa shape index (κ3) is 4.30. The molecule has 0 aliphatic rings. The zero-order chi connectivity index (χ0) is 22.2. The van der Waals surface area contributed by atoms with E-state index in [2.05, 4.69) is 43.3 Å². The van der Waals surface area contributed by atoms with Crippen LogP contribution in [-0.4, -0.2) is 20.5 Å². The molecule has 1 amide bonds. The van der Waals surface area contributed by atoms with Crippen LogP contribution in [0.1, 0.15) is 42.4 Å². The summed E-state index contributed by atoms with van der Waals surface area (Å²) in [6, 6.07) is 17.5. The van der Waals surface area contributed by atoms with Gasteiger partial charge in [-0.15, -0.1) is 0 Å². The molecule has 2 aromatic heterocycles. The minimum absolute atomic E-state index is 0.0154. The van der Waals surface area contributed by atoms with Gasteiger partial charge in [0.15, 0.2) is 5.65 Å². The first-order chi connectivity index (χ1) is 14.7. The summed E-state index contributed by atoms with van der Waals surface area (Å²) < 4.78 is 15.6. The maximum absolute atomic E-state index is 14.0. The van der Waals surface area contributed by atoms with Gasteiger partial charge in [-0.25, -0.2) is 13.9 Å². The van der Waals surface area contributed by atoms with Gasteiger partial charge >= 0.3 is 0 Å². The average Bonchev–Trinajstić information content (AvgIpc) is 3.09. The van der Waals surface area contributed by atoms with Crippen molar-refractivity contribution in [3.05, 3.63) is 88.5 Å². The first kappa shape index (κ1) is 21.0. The first-order valence-electron chi connectivity index (χ1n) is 9.92. The van der Waals surface area contributed by atoms with Crippen molar-refractivity contribution in [1.82, 2.24) is 19.9 Å². The van der Waals surface area contributed by atoms with E-state index < -0.39 is 11.7 Å². The summed E-state index contributed by atoms with van der Waals surface area (Å²) in [4.78, 5) is 17.2. The Kier molecular flexibility index (Phi) is 5.50. The van der Waals surface area contributed by atoms with E-state index in [1.54, 1.807) is 28.8 Å². The molecule has 0 radical (unpaired) electrons. The maximum atomic E-state index is 14.0. The molecule has 0 spiro atoms. The van der Waals surface area contributed by atoms with Gasteiger partial charge in [0.1, 0.15) is 11.0 Å². The molecule has 158 valence electrons. The highest BCUT2D eigenvalue weighted by molar-refractivity contribution is 6.29. The number of aromatic nitrogens is 3. The fraction of sp³-hybridized carbons (Fsp3) is 0.208. The van der Waals surface area contributed by atoms with Crippen molar-refractivity contribution in [1.29, 1.82) is 0 Å². The molecule has 0 bridgehead atoms. The summed E-state index contributed by atoms with van der Waals surface area (Å²) in [5.74, 6) is -1.08. The van der Waals surface area contributed by atoms with Crippen LogP contribution in [0.3, 0.4) is 0 Å². The largest absolute Gasteiger partial charge is 0.346 e. The van der Waals surface area contributed by atoms with Crippen LogP contribution in [0, 0.1) is 5.82 Å². The normalized spacial score (nSPS) is 11.6. The molecule has 7 heteroatoms. The summed E-state index contributed by atoms with van der Waals surface area (Å²) in [5.41, 5.74) is 4.06. The molecule has 0 aliphatic heterocycles. The Labute approximate surface area is 184 Å². The van der Waals surface area contributed by atoms with E-state index in [4.69, 9.17) is 16.6 Å². The summed E-state index contributed by atoms with van der Waals surface area (Å²) in [5, 5.41) is 7.42. The number of carbonyl (C=O) groups excluding carboxylic acids is 1. The third-order valence-corrected chi connectivity index (χ3v) is 5.30. The fourth-order valence-electron chi connectivity index (χ4n) is 3.38. The second-order valence-electron chi connectivity index (χ2n) is 8.32. The lowest BCUT2D eigenvalue weighted by Crippen LogP contribution is -2.25. The summed E-state index contributed by atoms with van der Waals surface area (Å²) >= 11 is 6.10. The highest BCUT2D eigenvalue weighted by Crippen LogP contribution is 2.28. The van der Waals surface area contributed by atoms with Crippen LogP contribution in [0.4, 0.5) is 4.39 Å². The van der Waals surface area contributed by atoms with E-state index in [0.29, 0.717) is 22.2 Å². The van der Waals surface area contributed by atoms with Crippen LogP contribution in [0.15, 0.2) is 60.7 Å². The molecule has 0 atom stereocenters. The second kappa shape index (κ2) is 8.12. The molecule has 2 heterocycles. The molecular formula is C24H22ClFN4O. The molecule has 4 aromatic rings. The Morgan fingerprint density at radius 1 is 1.06 bits per heavy atom. The van der Waals surface area contributed by atoms with E-state index in [1.807, 2.05) is 12.1 Å². The van der Waals surface area contributed by atoms with Crippen LogP contribution >= 0.6 is 11.6 Å². The smallest absolute Gasteiger partial charge is 0.254 e. The molecule has 0 aliphatic carbocycles. The monoisotopic (exact) mass is 436 g/mol. The number of hydrogen-bond acceptors (Lipinski definition) is 3. The number of carbonyl (C=O) groups is 1. The predicted molar refractivity (Wildman–Crippen MR) is 120 cm³/mol. The number of rotatable bonds is 4. The number of imidazole rings is 1. The number of nitrogens with zero attached hydrogens (tertiary/aromatic N) is 3. The average molecular weight is 437 g/mol. The van der Waals surface area contributed by atoms with Crippen molar-refractivity contribution < 1.29 is 9.18 Å². The van der Waals surface area contributed by atoms with E-state index in [-0.39, 0.29) is 17.5 Å². The Hall–Kier alpha value is -3.25. The molecule has 0 unspecified atom stereocenters. The van der Waals surface area contributed by atoms with Gasteiger partial charge in [-0.2, -0.15) is 5.10 Å². The molecule has 1 N–H and O–H groups in total. The Morgan fingerprint density at radius 2 is 1.77 bits per heavy atom. The number of fused-ring (bicyclic) bond motifs is 1. The van der Waals surface area contributed by atoms with E-state index >= 15 is 0 Å². The lowest BCUT2D eigenvalue weighted by molar-refractivity contribution is 0.0946. The van der Waals surface area contributed by atoms with Crippen molar-refractivity contribution in [2.45, 2.75) is 32.7 Å². The topological polar surface area (TPSA) is 59.3 Å². The zero-order valence-corrected chi connectivity index (χ0v) is 18.2. The molecule has 0 saturated heterocycles. The summed E-state index contributed by atoms with van der Waals surface area (Å²) in [7, 11) is 0. The van der Waals surface area contributed by atoms with Crippen LogP contribution in [0.2, 0.25) is 5.15 Å². The molecule has 0 saturated carbocycles. The predicted octanol–water partition coefficient (Wildman–Crippen LogP) is 5.42. The number of nitrogens with one attached hydrogen (secondary N) is 1. The van der Waals surface area contributed by atoms with Crippen LogP contribution in [0.25, 0.3) is 16.9 Å². The Bertz CT molecular complexity index is 1260. The molecule has 31 heavy (non-hydrogen) atoms. The van der Waals surface area contributed by atoms with Gasteiger partial charge in [0.05, 0.1) is 23.5 Å². The number of halogens is 2. The van der Waals surface area contributed by atoms with Crippen LogP contribution < -0.4 is 5.32 Å².